The molecule has 1 unspecified atom stereocenters. The molecule has 0 radical (unpaired) electrons. The Kier molecular flexibility index (Phi) is 3.53. The summed E-state index contributed by atoms with van der Waals surface area (Å²) in [6.07, 6.45) is 5.98. The molecule has 0 N–H and O–H groups in total. The molecule has 84 valence electrons. The zero-order chi connectivity index (χ0) is 11.4. The topological polar surface area (TPSA) is 39.9 Å². The summed E-state index contributed by atoms with van der Waals surface area (Å²) in [7, 11) is 0. The van der Waals surface area contributed by atoms with Crippen molar-refractivity contribution >= 4 is 0 Å². The van der Waals surface area contributed by atoms with Crippen molar-refractivity contribution < 1.29 is 0 Å². The number of likely N-dealkylation sites (tertiary alicyclic amines) is 1. The van der Waals surface area contributed by atoms with Gasteiger partial charge in [-0.1, -0.05) is 6.07 Å². The van der Waals surface area contributed by atoms with Gasteiger partial charge < -0.3 is 0 Å². The van der Waals surface area contributed by atoms with Gasteiger partial charge in [-0.15, -0.1) is 0 Å². The van der Waals surface area contributed by atoms with Crippen LogP contribution in [0.25, 0.3) is 0 Å². The number of pyridine rings is 1. The number of piperidine rings is 1. The molecule has 1 saturated heterocycles. The van der Waals surface area contributed by atoms with Gasteiger partial charge in [-0.2, -0.15) is 5.26 Å². The summed E-state index contributed by atoms with van der Waals surface area (Å²) in [6, 6.07) is 4.54. The van der Waals surface area contributed by atoms with E-state index < -0.39 is 0 Å². The molecule has 0 aromatic carbocycles. The zero-order valence-electron chi connectivity index (χ0n) is 9.69. The van der Waals surface area contributed by atoms with Crippen molar-refractivity contribution in [3.63, 3.8) is 0 Å². The molecule has 1 atom stereocenters. The smallest absolute Gasteiger partial charge is 0.0669 e. The van der Waals surface area contributed by atoms with Crippen LogP contribution in [-0.2, 0) is 6.54 Å². The number of hydrogen-bond acceptors (Lipinski definition) is 3. The molecular formula is C13H17N3. The van der Waals surface area contributed by atoms with Crippen LogP contribution >= 0.6 is 0 Å². The summed E-state index contributed by atoms with van der Waals surface area (Å²) in [5.74, 6) is 0.214. The highest BCUT2D eigenvalue weighted by atomic mass is 15.1. The van der Waals surface area contributed by atoms with Crippen molar-refractivity contribution in [2.24, 2.45) is 5.92 Å². The van der Waals surface area contributed by atoms with Gasteiger partial charge in [0.05, 0.1) is 12.0 Å². The third-order valence-corrected chi connectivity index (χ3v) is 3.03. The number of aromatic nitrogens is 1. The van der Waals surface area contributed by atoms with E-state index in [0.717, 1.165) is 32.5 Å². The van der Waals surface area contributed by atoms with E-state index in [1.807, 2.05) is 12.4 Å². The van der Waals surface area contributed by atoms with Crippen LogP contribution in [0, 0.1) is 24.2 Å². The summed E-state index contributed by atoms with van der Waals surface area (Å²) in [4.78, 5) is 6.55. The molecule has 1 aliphatic heterocycles. The number of nitriles is 1. The van der Waals surface area contributed by atoms with Gasteiger partial charge in [-0.3, -0.25) is 9.88 Å². The summed E-state index contributed by atoms with van der Waals surface area (Å²) in [6.45, 7) is 4.99. The minimum absolute atomic E-state index is 0.214. The lowest BCUT2D eigenvalue weighted by Crippen LogP contribution is -2.34. The molecule has 2 rings (SSSR count). The van der Waals surface area contributed by atoms with Crippen molar-refractivity contribution in [1.29, 1.82) is 5.26 Å². The monoisotopic (exact) mass is 215 g/mol. The molecule has 16 heavy (non-hydrogen) atoms. The maximum atomic E-state index is 8.93. The van der Waals surface area contributed by atoms with Crippen molar-refractivity contribution in [2.75, 3.05) is 13.1 Å². The number of rotatable bonds is 2. The van der Waals surface area contributed by atoms with Crippen LogP contribution in [0.4, 0.5) is 0 Å². The molecule has 1 aromatic rings. The Hall–Kier alpha value is -1.40. The van der Waals surface area contributed by atoms with Crippen LogP contribution in [0.1, 0.15) is 24.0 Å². The third-order valence-electron chi connectivity index (χ3n) is 3.03. The van der Waals surface area contributed by atoms with Gasteiger partial charge >= 0.3 is 0 Å². The van der Waals surface area contributed by atoms with E-state index in [0.29, 0.717) is 0 Å². The molecule has 1 fully saturated rings. The van der Waals surface area contributed by atoms with Gasteiger partial charge in [0.25, 0.3) is 0 Å². The normalized spacial score (nSPS) is 21.6. The second-order valence-corrected chi connectivity index (χ2v) is 4.57. The predicted octanol–water partition coefficient (Wildman–Crippen LogP) is 2.13. The van der Waals surface area contributed by atoms with Gasteiger partial charge in [0.15, 0.2) is 0 Å². The van der Waals surface area contributed by atoms with Gasteiger partial charge in [0, 0.05) is 25.5 Å². The Bertz CT molecular complexity index is 394. The second kappa shape index (κ2) is 5.09. The van der Waals surface area contributed by atoms with Crippen LogP contribution in [0.5, 0.6) is 0 Å². The molecule has 0 spiro atoms. The van der Waals surface area contributed by atoms with Crippen molar-refractivity contribution in [2.45, 2.75) is 26.3 Å². The highest BCUT2D eigenvalue weighted by molar-refractivity contribution is 5.16. The SMILES string of the molecule is Cc1cncc(CN2CCCC(C#N)C2)c1. The fourth-order valence-electron chi connectivity index (χ4n) is 2.27. The molecule has 3 nitrogen and oxygen atoms in total. The molecule has 0 amide bonds. The largest absolute Gasteiger partial charge is 0.298 e. The molecule has 0 saturated carbocycles. The maximum absolute atomic E-state index is 8.93. The Morgan fingerprint density at radius 3 is 3.19 bits per heavy atom. The lowest BCUT2D eigenvalue weighted by atomic mass is 9.99. The highest BCUT2D eigenvalue weighted by Crippen LogP contribution is 2.17. The first-order valence-corrected chi connectivity index (χ1v) is 5.80. The summed E-state index contributed by atoms with van der Waals surface area (Å²) in [5.41, 5.74) is 2.45. The predicted molar refractivity (Wildman–Crippen MR) is 62.6 cm³/mol. The molecule has 3 heteroatoms. The van der Waals surface area contributed by atoms with Crippen LogP contribution in [0.15, 0.2) is 18.5 Å². The Morgan fingerprint density at radius 1 is 1.56 bits per heavy atom. The van der Waals surface area contributed by atoms with Crippen molar-refractivity contribution in [1.82, 2.24) is 9.88 Å². The van der Waals surface area contributed by atoms with Gasteiger partial charge in [0.1, 0.15) is 0 Å². The van der Waals surface area contributed by atoms with Gasteiger partial charge in [0.2, 0.25) is 0 Å². The third kappa shape index (κ3) is 2.80. The average Bonchev–Trinajstić information content (AvgIpc) is 2.29. The number of aryl methyl sites for hydroxylation is 1. The molecule has 0 bridgehead atoms. The van der Waals surface area contributed by atoms with Gasteiger partial charge in [-0.05, 0) is 37.4 Å². The minimum Gasteiger partial charge on any atom is -0.298 e. The molecule has 0 aliphatic carbocycles. The summed E-state index contributed by atoms with van der Waals surface area (Å²) >= 11 is 0. The minimum atomic E-state index is 0.214. The molecule has 1 aliphatic rings. The van der Waals surface area contributed by atoms with E-state index >= 15 is 0 Å². The maximum Gasteiger partial charge on any atom is 0.0669 e. The molecular weight excluding hydrogens is 198 g/mol. The second-order valence-electron chi connectivity index (χ2n) is 4.57. The standard InChI is InChI=1S/C13H17N3/c1-11-5-13(8-15-7-11)10-16-4-2-3-12(6-14)9-16/h5,7-8,12H,2-4,9-10H2,1H3. The van der Waals surface area contributed by atoms with E-state index in [4.69, 9.17) is 5.26 Å². The van der Waals surface area contributed by atoms with Crippen LogP contribution < -0.4 is 0 Å². The first-order valence-electron chi connectivity index (χ1n) is 5.80. The van der Waals surface area contributed by atoms with Gasteiger partial charge in [-0.25, -0.2) is 0 Å². The Balaban J connectivity index is 1.97. The first-order chi connectivity index (χ1) is 7.78. The average molecular weight is 215 g/mol. The first kappa shape index (κ1) is 11.1. The van der Waals surface area contributed by atoms with Crippen molar-refractivity contribution in [3.05, 3.63) is 29.6 Å². The Labute approximate surface area is 96.7 Å². The summed E-state index contributed by atoms with van der Waals surface area (Å²) < 4.78 is 0. The van der Waals surface area contributed by atoms with E-state index in [1.54, 1.807) is 0 Å². The van der Waals surface area contributed by atoms with E-state index in [1.165, 1.54) is 11.1 Å². The fourth-order valence-corrected chi connectivity index (χ4v) is 2.27. The zero-order valence-corrected chi connectivity index (χ0v) is 9.69. The molecule has 2 heterocycles. The van der Waals surface area contributed by atoms with Crippen LogP contribution in [-0.4, -0.2) is 23.0 Å². The molecule has 1 aromatic heterocycles. The van der Waals surface area contributed by atoms with Crippen LogP contribution in [0.2, 0.25) is 0 Å². The lowest BCUT2D eigenvalue weighted by Gasteiger charge is -2.29. The van der Waals surface area contributed by atoms with E-state index in [9.17, 15) is 0 Å². The fraction of sp³-hybridized carbons (Fsp3) is 0.538. The van der Waals surface area contributed by atoms with Crippen molar-refractivity contribution in [3.8, 4) is 6.07 Å². The quantitative estimate of drug-likeness (QED) is 0.758. The lowest BCUT2D eigenvalue weighted by molar-refractivity contribution is 0.192. The summed E-state index contributed by atoms with van der Waals surface area (Å²) in [5, 5.41) is 8.93. The number of nitrogens with zero attached hydrogens (tertiary/aromatic N) is 3. The van der Waals surface area contributed by atoms with E-state index in [2.05, 4.69) is 28.9 Å². The van der Waals surface area contributed by atoms with Crippen LogP contribution in [0.3, 0.4) is 0 Å². The highest BCUT2D eigenvalue weighted by Gasteiger charge is 2.19. The Morgan fingerprint density at radius 2 is 2.44 bits per heavy atom. The number of hydrogen-bond donors (Lipinski definition) is 0. The van der Waals surface area contributed by atoms with E-state index in [-0.39, 0.29) is 5.92 Å².